The number of amides is 1. The van der Waals surface area contributed by atoms with Gasteiger partial charge in [0.05, 0.1) is 18.7 Å². The molecule has 2 heterocycles. The van der Waals surface area contributed by atoms with Gasteiger partial charge in [-0.3, -0.25) is 9.69 Å². The molecule has 2 aromatic rings. The number of methoxy groups -OCH3 is 1. The zero-order valence-electron chi connectivity index (χ0n) is 19.6. The molecule has 0 aromatic heterocycles. The molecule has 2 aromatic carbocycles. The van der Waals surface area contributed by atoms with Gasteiger partial charge in [0.2, 0.25) is 5.91 Å². The second-order valence-corrected chi connectivity index (χ2v) is 8.98. The van der Waals surface area contributed by atoms with Gasteiger partial charge in [0.15, 0.2) is 0 Å². The van der Waals surface area contributed by atoms with E-state index in [0.717, 1.165) is 69.8 Å². The minimum atomic E-state index is -0.0165. The van der Waals surface area contributed by atoms with E-state index in [1.807, 2.05) is 30.3 Å². The van der Waals surface area contributed by atoms with E-state index >= 15 is 0 Å². The predicted molar refractivity (Wildman–Crippen MR) is 130 cm³/mol. The Morgan fingerprint density at radius 1 is 0.938 bits per heavy atom. The van der Waals surface area contributed by atoms with E-state index in [1.54, 1.807) is 7.11 Å². The molecule has 32 heavy (non-hydrogen) atoms. The van der Waals surface area contributed by atoms with Crippen molar-refractivity contribution in [1.82, 2.24) is 9.80 Å². The highest BCUT2D eigenvalue weighted by molar-refractivity contribution is 5.83. The van der Waals surface area contributed by atoms with Gasteiger partial charge in [-0.25, -0.2) is 0 Å². The van der Waals surface area contributed by atoms with E-state index in [0.29, 0.717) is 11.9 Å². The van der Waals surface area contributed by atoms with Gasteiger partial charge in [0, 0.05) is 45.3 Å². The topological polar surface area (TPSA) is 36.0 Å². The lowest BCUT2D eigenvalue weighted by Gasteiger charge is -2.40. The Labute approximate surface area is 193 Å². The van der Waals surface area contributed by atoms with Crippen LogP contribution in [0.15, 0.2) is 54.6 Å². The van der Waals surface area contributed by atoms with Crippen LogP contribution in [-0.2, 0) is 4.79 Å². The van der Waals surface area contributed by atoms with Crippen LogP contribution in [0.25, 0.3) is 0 Å². The lowest BCUT2D eigenvalue weighted by molar-refractivity contribution is -0.132. The van der Waals surface area contributed by atoms with E-state index in [1.165, 1.54) is 12.1 Å². The number of anilines is 1. The Morgan fingerprint density at radius 3 is 2.38 bits per heavy atom. The number of hydrogen-bond donors (Lipinski definition) is 0. The Morgan fingerprint density at radius 2 is 1.66 bits per heavy atom. The van der Waals surface area contributed by atoms with Crippen LogP contribution in [-0.4, -0.2) is 68.1 Å². The fraction of sp³-hybridized carbons (Fsp3) is 0.519. The number of rotatable bonds is 6. The standard InChI is InChI=1S/C27H37N3O2/c1-3-24(22-10-5-4-6-11-22)27(31)30-16-9-12-23(15-17-30)28-18-20-29(21-19-28)25-13-7-8-14-26(25)32-2/h4-8,10-11,13-14,23-24H,3,9,12,15-21H2,1-2H3. The second kappa shape index (κ2) is 10.9. The molecule has 2 fully saturated rings. The quantitative estimate of drug-likeness (QED) is 0.674. The van der Waals surface area contributed by atoms with Gasteiger partial charge in [-0.15, -0.1) is 0 Å². The fourth-order valence-electron chi connectivity index (χ4n) is 5.34. The molecule has 2 atom stereocenters. The summed E-state index contributed by atoms with van der Waals surface area (Å²) in [5.74, 6) is 1.24. The molecule has 0 radical (unpaired) electrons. The summed E-state index contributed by atoms with van der Waals surface area (Å²) in [5.41, 5.74) is 2.34. The molecule has 1 amide bonds. The van der Waals surface area contributed by atoms with Crippen LogP contribution in [0, 0.1) is 0 Å². The molecular weight excluding hydrogens is 398 g/mol. The first kappa shape index (κ1) is 22.7. The number of para-hydroxylation sites is 2. The molecule has 0 spiro atoms. The maximum atomic E-state index is 13.3. The van der Waals surface area contributed by atoms with E-state index in [9.17, 15) is 4.79 Å². The molecule has 0 bridgehead atoms. The van der Waals surface area contributed by atoms with Gasteiger partial charge >= 0.3 is 0 Å². The summed E-state index contributed by atoms with van der Waals surface area (Å²) in [6.07, 6.45) is 4.20. The largest absolute Gasteiger partial charge is 0.495 e. The molecule has 0 N–H and O–H groups in total. The van der Waals surface area contributed by atoms with Gasteiger partial charge in [0.1, 0.15) is 5.75 Å². The summed E-state index contributed by atoms with van der Waals surface area (Å²) in [6.45, 7) is 8.06. The highest BCUT2D eigenvalue weighted by Gasteiger charge is 2.30. The molecule has 5 nitrogen and oxygen atoms in total. The van der Waals surface area contributed by atoms with E-state index in [4.69, 9.17) is 4.74 Å². The first-order chi connectivity index (χ1) is 15.7. The Bertz CT molecular complexity index is 864. The van der Waals surface area contributed by atoms with E-state index < -0.39 is 0 Å². The molecule has 172 valence electrons. The predicted octanol–water partition coefficient (Wildman–Crippen LogP) is 4.39. The van der Waals surface area contributed by atoms with Crippen molar-refractivity contribution >= 4 is 11.6 Å². The van der Waals surface area contributed by atoms with Crippen LogP contribution in [0.1, 0.15) is 44.1 Å². The summed E-state index contributed by atoms with van der Waals surface area (Å²) < 4.78 is 5.56. The van der Waals surface area contributed by atoms with Crippen LogP contribution >= 0.6 is 0 Å². The minimum Gasteiger partial charge on any atom is -0.495 e. The van der Waals surface area contributed by atoms with E-state index in [2.05, 4.69) is 45.9 Å². The second-order valence-electron chi connectivity index (χ2n) is 8.98. The molecular formula is C27H37N3O2. The monoisotopic (exact) mass is 435 g/mol. The van der Waals surface area contributed by atoms with Crippen LogP contribution in [0.4, 0.5) is 5.69 Å². The van der Waals surface area contributed by atoms with Crippen molar-refractivity contribution in [2.75, 3.05) is 51.3 Å². The van der Waals surface area contributed by atoms with Crippen LogP contribution in [0.3, 0.4) is 0 Å². The zero-order chi connectivity index (χ0) is 22.3. The molecule has 2 saturated heterocycles. The van der Waals surface area contributed by atoms with Gasteiger partial charge < -0.3 is 14.5 Å². The summed E-state index contributed by atoms with van der Waals surface area (Å²) in [5, 5.41) is 0. The number of benzene rings is 2. The first-order valence-corrected chi connectivity index (χ1v) is 12.2. The molecule has 2 unspecified atom stereocenters. The Hall–Kier alpha value is -2.53. The average molecular weight is 436 g/mol. The molecule has 0 saturated carbocycles. The highest BCUT2D eigenvalue weighted by Crippen LogP contribution is 2.30. The zero-order valence-corrected chi connectivity index (χ0v) is 19.6. The number of carbonyl (C=O) groups excluding carboxylic acids is 1. The number of hydrogen-bond acceptors (Lipinski definition) is 4. The molecule has 4 rings (SSSR count). The lowest BCUT2D eigenvalue weighted by Crippen LogP contribution is -2.50. The van der Waals surface area contributed by atoms with Crippen molar-refractivity contribution in [2.45, 2.75) is 44.6 Å². The Kier molecular flexibility index (Phi) is 7.69. The van der Waals surface area contributed by atoms with Crippen molar-refractivity contribution in [2.24, 2.45) is 0 Å². The van der Waals surface area contributed by atoms with E-state index in [-0.39, 0.29) is 5.92 Å². The first-order valence-electron chi connectivity index (χ1n) is 12.2. The Balaban J connectivity index is 1.32. The third-order valence-corrected chi connectivity index (χ3v) is 7.17. The summed E-state index contributed by atoms with van der Waals surface area (Å²) in [7, 11) is 1.74. The lowest BCUT2D eigenvalue weighted by atomic mass is 9.95. The van der Waals surface area contributed by atoms with Crippen molar-refractivity contribution in [3.63, 3.8) is 0 Å². The summed E-state index contributed by atoms with van der Waals surface area (Å²) >= 11 is 0. The third kappa shape index (κ3) is 5.09. The van der Waals surface area contributed by atoms with Crippen LogP contribution in [0.5, 0.6) is 5.75 Å². The van der Waals surface area contributed by atoms with Gasteiger partial charge in [-0.05, 0) is 43.4 Å². The van der Waals surface area contributed by atoms with Gasteiger partial charge in [-0.1, -0.05) is 49.4 Å². The normalized spacial score (nSPS) is 21.1. The third-order valence-electron chi connectivity index (χ3n) is 7.17. The number of piperazine rings is 1. The maximum absolute atomic E-state index is 13.3. The number of ether oxygens (including phenoxy) is 1. The fourth-order valence-corrected chi connectivity index (χ4v) is 5.34. The summed E-state index contributed by atoms with van der Waals surface area (Å²) in [4.78, 5) is 20.5. The SMILES string of the molecule is CCC(C(=O)N1CCCC(N2CCN(c3ccccc3OC)CC2)CC1)c1ccccc1. The number of nitrogens with zero attached hydrogens (tertiary/aromatic N) is 3. The molecule has 0 aliphatic carbocycles. The van der Waals surface area contributed by atoms with Gasteiger partial charge in [0.25, 0.3) is 0 Å². The molecule has 2 aliphatic rings. The van der Waals surface area contributed by atoms with Crippen molar-refractivity contribution in [1.29, 1.82) is 0 Å². The van der Waals surface area contributed by atoms with Crippen LogP contribution < -0.4 is 9.64 Å². The van der Waals surface area contributed by atoms with Crippen molar-refractivity contribution in [3.8, 4) is 5.75 Å². The van der Waals surface area contributed by atoms with Crippen LogP contribution in [0.2, 0.25) is 0 Å². The van der Waals surface area contributed by atoms with Crippen molar-refractivity contribution in [3.05, 3.63) is 60.2 Å². The average Bonchev–Trinajstić information content (AvgIpc) is 3.12. The molecule has 2 aliphatic heterocycles. The summed E-state index contributed by atoms with van der Waals surface area (Å²) in [6, 6.07) is 19.1. The molecule has 5 heteroatoms. The highest BCUT2D eigenvalue weighted by atomic mass is 16.5. The van der Waals surface area contributed by atoms with Crippen molar-refractivity contribution < 1.29 is 9.53 Å². The number of carbonyl (C=O) groups is 1. The minimum absolute atomic E-state index is 0.0165. The van der Waals surface area contributed by atoms with Gasteiger partial charge in [-0.2, -0.15) is 0 Å². The maximum Gasteiger partial charge on any atom is 0.230 e. The smallest absolute Gasteiger partial charge is 0.230 e. The number of likely N-dealkylation sites (tertiary alicyclic amines) is 1.